The second kappa shape index (κ2) is 4.79. The number of hydrogen-bond acceptors (Lipinski definition) is 4. The van der Waals surface area contributed by atoms with Crippen LogP contribution in [-0.4, -0.2) is 20.2 Å². The van der Waals surface area contributed by atoms with Crippen molar-refractivity contribution >= 4 is 5.69 Å². The van der Waals surface area contributed by atoms with Gasteiger partial charge in [-0.2, -0.15) is 0 Å². The fraction of sp³-hybridized carbons (Fsp3) is 0.533. The van der Waals surface area contributed by atoms with Gasteiger partial charge < -0.3 is 5.73 Å². The van der Waals surface area contributed by atoms with Crippen LogP contribution in [-0.2, 0) is 6.54 Å². The third-order valence-corrected chi connectivity index (χ3v) is 5.00. The van der Waals surface area contributed by atoms with Gasteiger partial charge in [-0.3, -0.25) is 0 Å². The molecule has 2 bridgehead atoms. The number of rotatable bonds is 3. The molecule has 2 fully saturated rings. The summed E-state index contributed by atoms with van der Waals surface area (Å²) >= 11 is 0. The van der Waals surface area contributed by atoms with Crippen LogP contribution >= 0.6 is 0 Å². The number of hydrogen-bond donors (Lipinski definition) is 1. The summed E-state index contributed by atoms with van der Waals surface area (Å²) in [4.78, 5) is 0. The molecule has 1 aromatic carbocycles. The summed E-state index contributed by atoms with van der Waals surface area (Å²) in [6.45, 7) is 0.819. The summed E-state index contributed by atoms with van der Waals surface area (Å²) in [5.74, 6) is 2.59. The van der Waals surface area contributed by atoms with Crippen LogP contribution in [0.1, 0.15) is 25.7 Å². The second-order valence-electron chi connectivity index (χ2n) is 6.39. The fourth-order valence-corrected chi connectivity index (χ4v) is 4.10. The molecule has 0 amide bonds. The number of nitrogens with zero attached hydrogens (tertiary/aromatic N) is 4. The van der Waals surface area contributed by atoms with Crippen LogP contribution in [0.4, 0.5) is 10.1 Å². The molecule has 2 aliphatic rings. The summed E-state index contributed by atoms with van der Waals surface area (Å²) in [7, 11) is 0. The summed E-state index contributed by atoms with van der Waals surface area (Å²) in [6, 6.07) is 4.44. The molecule has 2 saturated carbocycles. The summed E-state index contributed by atoms with van der Waals surface area (Å²) < 4.78 is 15.3. The smallest absolute Gasteiger partial charge is 0.182 e. The lowest BCUT2D eigenvalue weighted by Gasteiger charge is -2.21. The van der Waals surface area contributed by atoms with Crippen LogP contribution in [0.25, 0.3) is 11.4 Å². The molecule has 110 valence electrons. The van der Waals surface area contributed by atoms with E-state index in [9.17, 15) is 4.39 Å². The molecule has 0 aliphatic heterocycles. The predicted octanol–water partition coefficient (Wildman–Crippen LogP) is 2.50. The lowest BCUT2D eigenvalue weighted by molar-refractivity contribution is 0.284. The van der Waals surface area contributed by atoms with Crippen molar-refractivity contribution in [3.63, 3.8) is 0 Å². The predicted molar refractivity (Wildman–Crippen MR) is 76.6 cm³/mol. The van der Waals surface area contributed by atoms with E-state index in [2.05, 4.69) is 15.5 Å². The zero-order valence-corrected chi connectivity index (χ0v) is 11.7. The van der Waals surface area contributed by atoms with Gasteiger partial charge >= 0.3 is 0 Å². The van der Waals surface area contributed by atoms with Gasteiger partial charge in [-0.05, 0) is 65.6 Å². The minimum atomic E-state index is -0.362. The number of halogens is 1. The second-order valence-corrected chi connectivity index (χ2v) is 6.39. The monoisotopic (exact) mass is 287 g/mol. The maximum atomic E-state index is 13.5. The summed E-state index contributed by atoms with van der Waals surface area (Å²) in [5.41, 5.74) is 6.74. The minimum absolute atomic E-state index is 0.362. The van der Waals surface area contributed by atoms with Gasteiger partial charge in [0, 0.05) is 17.8 Å². The van der Waals surface area contributed by atoms with Gasteiger partial charge in [-0.15, -0.1) is 5.10 Å². The normalized spacial score (nSPS) is 27.4. The molecule has 0 radical (unpaired) electrons. The number of nitrogen functional groups attached to an aromatic ring is 1. The molecular formula is C15H18FN5. The van der Waals surface area contributed by atoms with Gasteiger partial charge in [0.05, 0.1) is 0 Å². The number of benzene rings is 1. The van der Waals surface area contributed by atoms with Crippen LogP contribution in [0.15, 0.2) is 18.2 Å². The molecule has 0 spiro atoms. The van der Waals surface area contributed by atoms with Crippen molar-refractivity contribution in [2.75, 3.05) is 5.73 Å². The lowest BCUT2D eigenvalue weighted by Crippen LogP contribution is -2.18. The van der Waals surface area contributed by atoms with E-state index >= 15 is 0 Å². The molecule has 2 aliphatic carbocycles. The standard InChI is InChI=1S/C15H18FN5/c16-13-5-11(6-14(17)7-13)15-18-19-20-21(15)8-12-4-9-1-2-10(12)3-9/h5-7,9-10,12H,1-4,8,17H2. The molecule has 0 saturated heterocycles. The summed E-state index contributed by atoms with van der Waals surface area (Å²) in [5, 5.41) is 11.9. The van der Waals surface area contributed by atoms with Crippen molar-refractivity contribution in [2.24, 2.45) is 17.8 Å². The average molecular weight is 287 g/mol. The van der Waals surface area contributed by atoms with E-state index in [-0.39, 0.29) is 5.82 Å². The van der Waals surface area contributed by atoms with Crippen LogP contribution in [0.2, 0.25) is 0 Å². The number of aromatic nitrogens is 4. The van der Waals surface area contributed by atoms with Crippen molar-refractivity contribution in [1.82, 2.24) is 20.2 Å². The highest BCUT2D eigenvalue weighted by Crippen LogP contribution is 2.48. The number of nitrogens with two attached hydrogens (primary N) is 1. The molecule has 21 heavy (non-hydrogen) atoms. The SMILES string of the molecule is Nc1cc(F)cc(-c2nnnn2CC2CC3CCC2C3)c1. The quantitative estimate of drug-likeness (QED) is 0.881. The van der Waals surface area contributed by atoms with E-state index in [1.165, 1.54) is 37.8 Å². The van der Waals surface area contributed by atoms with E-state index in [0.29, 0.717) is 23.0 Å². The average Bonchev–Trinajstić information content (AvgIpc) is 3.13. The van der Waals surface area contributed by atoms with Gasteiger partial charge in [-0.1, -0.05) is 6.42 Å². The van der Waals surface area contributed by atoms with Gasteiger partial charge in [-0.25, -0.2) is 9.07 Å². The first-order valence-corrected chi connectivity index (χ1v) is 7.51. The minimum Gasteiger partial charge on any atom is -0.399 e. The first-order chi connectivity index (χ1) is 10.2. The highest BCUT2D eigenvalue weighted by molar-refractivity contribution is 5.61. The lowest BCUT2D eigenvalue weighted by atomic mass is 9.89. The Morgan fingerprint density at radius 2 is 2.14 bits per heavy atom. The molecule has 5 nitrogen and oxygen atoms in total. The highest BCUT2D eigenvalue weighted by Gasteiger charge is 2.39. The van der Waals surface area contributed by atoms with Crippen LogP contribution < -0.4 is 5.73 Å². The Hall–Kier alpha value is -1.98. The Bertz CT molecular complexity index is 648. The number of tetrazole rings is 1. The Balaban J connectivity index is 1.61. The molecule has 4 rings (SSSR count). The molecule has 2 aromatic rings. The first kappa shape index (κ1) is 12.7. The number of anilines is 1. The Kier molecular flexibility index (Phi) is 2.90. The van der Waals surface area contributed by atoms with E-state index in [1.54, 1.807) is 10.7 Å². The Labute approximate surface area is 122 Å². The largest absolute Gasteiger partial charge is 0.399 e. The maximum Gasteiger partial charge on any atom is 0.182 e. The van der Waals surface area contributed by atoms with Gasteiger partial charge in [0.25, 0.3) is 0 Å². The van der Waals surface area contributed by atoms with Crippen molar-refractivity contribution in [1.29, 1.82) is 0 Å². The zero-order valence-electron chi connectivity index (χ0n) is 11.7. The topological polar surface area (TPSA) is 69.6 Å². The van der Waals surface area contributed by atoms with Crippen molar-refractivity contribution in [2.45, 2.75) is 32.2 Å². The van der Waals surface area contributed by atoms with Gasteiger partial charge in [0.2, 0.25) is 0 Å². The van der Waals surface area contributed by atoms with Crippen molar-refractivity contribution in [3.05, 3.63) is 24.0 Å². The third-order valence-electron chi connectivity index (χ3n) is 5.00. The molecule has 1 aromatic heterocycles. The molecule has 2 N–H and O–H groups in total. The maximum absolute atomic E-state index is 13.5. The van der Waals surface area contributed by atoms with Crippen LogP contribution in [0.5, 0.6) is 0 Å². The number of fused-ring (bicyclic) bond motifs is 2. The van der Waals surface area contributed by atoms with E-state index in [1.807, 2.05) is 0 Å². The van der Waals surface area contributed by atoms with E-state index < -0.39 is 0 Å². The van der Waals surface area contributed by atoms with Gasteiger partial charge in [0.15, 0.2) is 5.82 Å². The molecular weight excluding hydrogens is 269 g/mol. The third kappa shape index (κ3) is 2.28. The van der Waals surface area contributed by atoms with Crippen molar-refractivity contribution < 1.29 is 4.39 Å². The van der Waals surface area contributed by atoms with E-state index in [4.69, 9.17) is 5.73 Å². The molecule has 1 heterocycles. The Morgan fingerprint density at radius 1 is 1.24 bits per heavy atom. The summed E-state index contributed by atoms with van der Waals surface area (Å²) in [6.07, 6.45) is 5.34. The van der Waals surface area contributed by atoms with E-state index in [0.717, 1.165) is 18.4 Å². The fourth-order valence-electron chi connectivity index (χ4n) is 4.10. The van der Waals surface area contributed by atoms with Crippen LogP contribution in [0.3, 0.4) is 0 Å². The Morgan fingerprint density at radius 3 is 2.86 bits per heavy atom. The zero-order chi connectivity index (χ0) is 14.4. The first-order valence-electron chi connectivity index (χ1n) is 7.51. The molecule has 3 unspecified atom stereocenters. The van der Waals surface area contributed by atoms with Crippen molar-refractivity contribution in [3.8, 4) is 11.4 Å². The van der Waals surface area contributed by atoms with Crippen LogP contribution in [0, 0.1) is 23.6 Å². The van der Waals surface area contributed by atoms with Gasteiger partial charge in [0.1, 0.15) is 5.82 Å². The molecule has 3 atom stereocenters. The molecule has 6 heteroatoms. The highest BCUT2D eigenvalue weighted by atomic mass is 19.1.